The van der Waals surface area contributed by atoms with E-state index in [2.05, 4.69) is 16.0 Å². The third-order valence-electron chi connectivity index (χ3n) is 11.7. The van der Waals surface area contributed by atoms with Crippen LogP contribution in [0.3, 0.4) is 0 Å². The Morgan fingerprint density at radius 1 is 1.03 bits per heavy atom. The number of likely N-dealkylation sites (N-methyl/N-ethyl adjacent to an activating group) is 1. The molecule has 21 nitrogen and oxygen atoms in total. The number of aromatic nitrogens is 1. The summed E-state index contributed by atoms with van der Waals surface area (Å²) in [5, 5.41) is 72.2. The molecule has 8 rings (SSSR count). The number of aryl methyl sites for hydroxylation is 1. The number of aliphatic hydroxyl groups excluding tert-OH is 4. The highest BCUT2D eigenvalue weighted by Gasteiger charge is 2.50. The summed E-state index contributed by atoms with van der Waals surface area (Å²) in [5.41, 5.74) is 2.41. The quantitative estimate of drug-likeness (QED) is 0.108. The summed E-state index contributed by atoms with van der Waals surface area (Å²) < 4.78 is 33.6. The van der Waals surface area contributed by atoms with Crippen LogP contribution in [0.4, 0.5) is 16.2 Å². The van der Waals surface area contributed by atoms with Gasteiger partial charge in [0.1, 0.15) is 43.0 Å². The van der Waals surface area contributed by atoms with Gasteiger partial charge in [0, 0.05) is 34.7 Å². The summed E-state index contributed by atoms with van der Waals surface area (Å²) in [6.07, 6.45) is -7.73. The van der Waals surface area contributed by atoms with Crippen LogP contribution in [0.2, 0.25) is 0 Å². The zero-order valence-electron chi connectivity index (χ0n) is 34.4. The third kappa shape index (κ3) is 7.74. The number of amides is 2. The molecule has 1 saturated heterocycles. The molecule has 63 heavy (non-hydrogen) atoms. The van der Waals surface area contributed by atoms with Crippen LogP contribution in [0, 0.1) is 0 Å². The smallest absolute Gasteiger partial charge is 0.412 e. The van der Waals surface area contributed by atoms with Crippen LogP contribution in [0.25, 0.3) is 16.6 Å². The molecular weight excluding hydrogens is 830 g/mol. The van der Waals surface area contributed by atoms with Crippen molar-refractivity contribution >= 4 is 51.9 Å². The number of carbonyl (C=O) groups is 4. The first kappa shape index (κ1) is 43.6. The van der Waals surface area contributed by atoms with Gasteiger partial charge >= 0.3 is 18.0 Å². The highest BCUT2D eigenvalue weighted by atomic mass is 16.7. The molecule has 6 heterocycles. The van der Waals surface area contributed by atoms with Gasteiger partial charge in [-0.2, -0.15) is 0 Å². The number of aliphatic hydroxyl groups is 5. The maximum atomic E-state index is 13.7. The van der Waals surface area contributed by atoms with E-state index >= 15 is 0 Å². The Bertz CT molecular complexity index is 2440. The fourth-order valence-electron chi connectivity index (χ4n) is 8.38. The SMILES string of the molecule is CCCCc1c2c(nc3cc4c(c(NC(=O)OCc5ccc(O[C@@H]6OC(C(=O)O)[C@@H](O)C(O)C6O)c(NC(=O)CNC)c5)c13)OCO4)C1=CC3=C(COC(=O)[C@]3(O)CC)C(O)N1C2. The summed E-state index contributed by atoms with van der Waals surface area (Å²) in [4.78, 5) is 57.6. The molecule has 0 radical (unpaired) electrons. The topological polar surface area (TPSA) is 297 Å². The minimum Gasteiger partial charge on any atom is -0.479 e. The number of aliphatic carboxylic acids is 1. The second kappa shape index (κ2) is 17.2. The summed E-state index contributed by atoms with van der Waals surface area (Å²) in [7, 11) is 1.55. The van der Waals surface area contributed by atoms with E-state index in [4.69, 9.17) is 33.4 Å². The largest absolute Gasteiger partial charge is 0.479 e. The van der Waals surface area contributed by atoms with Crippen molar-refractivity contribution in [2.45, 2.75) is 95.2 Å². The highest BCUT2D eigenvalue weighted by molar-refractivity contribution is 6.06. The second-order valence-corrected chi connectivity index (χ2v) is 15.6. The molecular formula is C42H47N5O16. The van der Waals surface area contributed by atoms with Crippen LogP contribution in [0.5, 0.6) is 17.2 Å². The summed E-state index contributed by atoms with van der Waals surface area (Å²) in [6, 6.07) is 5.94. The number of rotatable bonds is 13. The summed E-state index contributed by atoms with van der Waals surface area (Å²) in [6.45, 7) is 3.14. The lowest BCUT2D eigenvalue weighted by Crippen LogP contribution is -2.61. The highest BCUT2D eigenvalue weighted by Crippen LogP contribution is 2.51. The molecule has 0 aliphatic carbocycles. The Labute approximate surface area is 358 Å². The molecule has 1 aromatic heterocycles. The van der Waals surface area contributed by atoms with Crippen molar-refractivity contribution in [2.24, 2.45) is 0 Å². The Kier molecular flexibility index (Phi) is 11.9. The van der Waals surface area contributed by atoms with Gasteiger partial charge in [0.15, 0.2) is 29.4 Å². The van der Waals surface area contributed by atoms with Crippen LogP contribution < -0.4 is 30.2 Å². The molecule has 0 spiro atoms. The van der Waals surface area contributed by atoms with E-state index in [9.17, 15) is 49.8 Å². The molecule has 21 heteroatoms. The molecule has 5 aliphatic rings. The molecule has 7 atom stereocenters. The van der Waals surface area contributed by atoms with Crippen LogP contribution in [-0.4, -0.2) is 134 Å². The maximum Gasteiger partial charge on any atom is 0.412 e. The summed E-state index contributed by atoms with van der Waals surface area (Å²) in [5.74, 6) is -2.46. The number of pyridine rings is 1. The zero-order chi connectivity index (χ0) is 44.9. The average Bonchev–Trinajstić information content (AvgIpc) is 3.89. The fourth-order valence-corrected chi connectivity index (χ4v) is 8.38. The van der Waals surface area contributed by atoms with Gasteiger partial charge in [0.2, 0.25) is 19.0 Å². The monoisotopic (exact) mass is 877 g/mol. The van der Waals surface area contributed by atoms with Crippen LogP contribution >= 0.6 is 0 Å². The molecule has 9 N–H and O–H groups in total. The normalized spacial score (nSPS) is 25.7. The number of anilines is 2. The molecule has 2 amide bonds. The van der Waals surface area contributed by atoms with Crippen molar-refractivity contribution in [3.63, 3.8) is 0 Å². The fraction of sp³-hybridized carbons (Fsp3) is 0.452. The molecule has 2 aromatic carbocycles. The Balaban J connectivity index is 1.09. The van der Waals surface area contributed by atoms with Gasteiger partial charge in [-0.05, 0) is 55.6 Å². The van der Waals surface area contributed by atoms with E-state index in [1.807, 2.05) is 6.92 Å². The number of nitrogens with zero attached hydrogens (tertiary/aromatic N) is 2. The van der Waals surface area contributed by atoms with Crippen LogP contribution in [0.1, 0.15) is 55.5 Å². The lowest BCUT2D eigenvalue weighted by atomic mass is 9.82. The molecule has 336 valence electrons. The predicted molar refractivity (Wildman–Crippen MR) is 217 cm³/mol. The number of carboxylic acid groups (broad SMARTS) is 1. The van der Waals surface area contributed by atoms with E-state index in [-0.39, 0.29) is 68.0 Å². The van der Waals surface area contributed by atoms with Crippen molar-refractivity contribution in [1.82, 2.24) is 15.2 Å². The van der Waals surface area contributed by atoms with Crippen molar-refractivity contribution in [1.29, 1.82) is 0 Å². The van der Waals surface area contributed by atoms with Crippen molar-refractivity contribution in [3.05, 3.63) is 63.9 Å². The number of fused-ring (bicyclic) bond motifs is 5. The Hall–Kier alpha value is -6.07. The minimum atomic E-state index is -1.95. The van der Waals surface area contributed by atoms with E-state index in [0.717, 1.165) is 24.0 Å². The Morgan fingerprint density at radius 2 is 1.83 bits per heavy atom. The van der Waals surface area contributed by atoms with E-state index in [0.29, 0.717) is 45.6 Å². The third-order valence-corrected chi connectivity index (χ3v) is 11.7. The Morgan fingerprint density at radius 3 is 2.56 bits per heavy atom. The van der Waals surface area contributed by atoms with Crippen LogP contribution in [0.15, 0.2) is 41.5 Å². The second-order valence-electron chi connectivity index (χ2n) is 15.6. The van der Waals surface area contributed by atoms with Gasteiger partial charge in [-0.15, -0.1) is 0 Å². The lowest BCUT2D eigenvalue weighted by molar-refractivity contribution is -0.271. The number of carboxylic acids is 1. The lowest BCUT2D eigenvalue weighted by Gasteiger charge is -2.40. The predicted octanol–water partition coefficient (Wildman–Crippen LogP) is 0.967. The van der Waals surface area contributed by atoms with Crippen molar-refractivity contribution in [2.75, 3.05) is 37.6 Å². The number of hydrogen-bond acceptors (Lipinski definition) is 18. The van der Waals surface area contributed by atoms with E-state index in [1.54, 1.807) is 31.0 Å². The number of unbranched alkanes of at least 4 members (excludes halogenated alkanes) is 1. The maximum absolute atomic E-state index is 13.7. The van der Waals surface area contributed by atoms with Gasteiger partial charge in [0.05, 0.1) is 29.1 Å². The molecule has 4 unspecified atom stereocenters. The first-order valence-electron chi connectivity index (χ1n) is 20.4. The summed E-state index contributed by atoms with van der Waals surface area (Å²) >= 11 is 0. The standard InChI is InChI=1S/C42H47N5O16/c1-4-6-7-19-20-14-47-25(11-22-21(37(47)52)16-58-40(55)42(22,57)5-2)30(20)45-24-12-27-35(61-17-60-27)31(29(19)24)46-41(56)59-15-18-8-9-26(23(10-18)44-28(48)13-43-3)62-39-34(51)32(49)33(50)36(63-39)38(53)54/h8-12,32-34,36-37,39,43,49-52,57H,4-7,13-17H2,1-3H3,(H,44,48)(H,46,56)(H,53,54)/t32?,33-,34?,36?,37?,39+,42-/m0/s1. The number of cyclic esters (lactones) is 1. The van der Waals surface area contributed by atoms with Gasteiger partial charge in [0.25, 0.3) is 0 Å². The number of nitrogens with one attached hydrogen (secondary N) is 3. The molecule has 0 bridgehead atoms. The molecule has 1 fully saturated rings. The number of hydrogen-bond donors (Lipinski definition) is 9. The van der Waals surface area contributed by atoms with Gasteiger partial charge < -0.3 is 74.6 Å². The van der Waals surface area contributed by atoms with E-state index in [1.165, 1.54) is 18.2 Å². The average molecular weight is 878 g/mol. The number of benzene rings is 2. The van der Waals surface area contributed by atoms with Crippen molar-refractivity contribution < 1.29 is 78.2 Å². The van der Waals surface area contributed by atoms with E-state index < -0.39 is 66.5 Å². The van der Waals surface area contributed by atoms with Gasteiger partial charge in [-0.3, -0.25) is 10.1 Å². The molecule has 5 aliphatic heterocycles. The minimum absolute atomic E-state index is 0.0176. The molecule has 3 aromatic rings. The number of carbonyl (C=O) groups excluding carboxylic acids is 3. The van der Waals surface area contributed by atoms with Crippen molar-refractivity contribution in [3.8, 4) is 17.2 Å². The first-order valence-corrected chi connectivity index (χ1v) is 20.4. The number of esters is 1. The van der Waals surface area contributed by atoms with Crippen LogP contribution in [-0.2, 0) is 48.2 Å². The molecule has 0 saturated carbocycles. The number of ether oxygens (including phenoxy) is 6. The zero-order valence-corrected chi connectivity index (χ0v) is 34.4. The van der Waals surface area contributed by atoms with Gasteiger partial charge in [-0.1, -0.05) is 26.3 Å². The first-order chi connectivity index (χ1) is 30.2. The van der Waals surface area contributed by atoms with Gasteiger partial charge in [-0.25, -0.2) is 19.4 Å².